The molecule has 3 aliphatic rings. The lowest BCUT2D eigenvalue weighted by Crippen LogP contribution is -2.54. The first-order chi connectivity index (χ1) is 10.2. The van der Waals surface area contributed by atoms with Gasteiger partial charge in [-0.3, -0.25) is 4.90 Å². The Labute approximate surface area is 134 Å². The quantitative estimate of drug-likeness (QED) is 0.870. The van der Waals surface area contributed by atoms with Gasteiger partial charge in [0.1, 0.15) is 0 Å². The Morgan fingerprint density at radius 3 is 2.71 bits per heavy atom. The summed E-state index contributed by atoms with van der Waals surface area (Å²) in [5, 5.41) is 0. The molecule has 2 heterocycles. The van der Waals surface area contributed by atoms with Gasteiger partial charge in [0.25, 0.3) is 0 Å². The van der Waals surface area contributed by atoms with Gasteiger partial charge in [-0.1, -0.05) is 12.8 Å². The molecule has 0 bridgehead atoms. The van der Waals surface area contributed by atoms with Crippen LogP contribution in [0.1, 0.15) is 51.4 Å². The van der Waals surface area contributed by atoms with E-state index in [1.807, 2.05) is 0 Å². The van der Waals surface area contributed by atoms with Gasteiger partial charge in [-0.2, -0.15) is 11.8 Å². The van der Waals surface area contributed by atoms with Crippen LogP contribution in [0.5, 0.6) is 0 Å². The average molecular weight is 313 g/mol. The Morgan fingerprint density at radius 2 is 1.95 bits per heavy atom. The van der Waals surface area contributed by atoms with E-state index in [0.717, 1.165) is 13.2 Å². The van der Waals surface area contributed by atoms with Gasteiger partial charge in [0.05, 0.1) is 5.60 Å². The zero-order valence-corrected chi connectivity index (χ0v) is 14.4. The van der Waals surface area contributed by atoms with Crippen LogP contribution in [0.4, 0.5) is 0 Å². The zero-order valence-electron chi connectivity index (χ0n) is 13.6. The first-order valence-corrected chi connectivity index (χ1v) is 10.0. The second kappa shape index (κ2) is 7.20. The highest BCUT2D eigenvalue weighted by Gasteiger charge is 2.41. The standard InChI is InChI=1S/C17H32N2OS/c1-19(16-5-3-2-4-14(16)13-18)15-6-9-20-17(12-15)7-10-21-11-8-17/h14-16H,2-13,18H2,1H3. The van der Waals surface area contributed by atoms with Crippen LogP contribution in [-0.2, 0) is 4.74 Å². The molecule has 0 aromatic heterocycles. The van der Waals surface area contributed by atoms with Crippen LogP contribution in [0.15, 0.2) is 0 Å². The molecule has 0 amide bonds. The van der Waals surface area contributed by atoms with Gasteiger partial charge in [0.15, 0.2) is 0 Å². The molecule has 2 saturated heterocycles. The molecule has 2 aliphatic heterocycles. The molecule has 3 unspecified atom stereocenters. The Balaban J connectivity index is 1.64. The van der Waals surface area contributed by atoms with Crippen molar-refractivity contribution in [3.05, 3.63) is 0 Å². The van der Waals surface area contributed by atoms with Crippen molar-refractivity contribution < 1.29 is 4.74 Å². The second-order valence-corrected chi connectivity index (χ2v) is 8.53. The molecular formula is C17H32N2OS. The summed E-state index contributed by atoms with van der Waals surface area (Å²) in [7, 11) is 2.36. The summed E-state index contributed by atoms with van der Waals surface area (Å²) < 4.78 is 6.26. The van der Waals surface area contributed by atoms with Gasteiger partial charge in [0.2, 0.25) is 0 Å². The summed E-state index contributed by atoms with van der Waals surface area (Å²) in [5.41, 5.74) is 6.25. The van der Waals surface area contributed by atoms with Gasteiger partial charge in [-0.25, -0.2) is 0 Å². The molecule has 4 heteroatoms. The van der Waals surface area contributed by atoms with Crippen molar-refractivity contribution >= 4 is 11.8 Å². The van der Waals surface area contributed by atoms with Crippen LogP contribution >= 0.6 is 11.8 Å². The van der Waals surface area contributed by atoms with Crippen molar-refractivity contribution in [1.82, 2.24) is 4.90 Å². The van der Waals surface area contributed by atoms with Crippen molar-refractivity contribution in [3.8, 4) is 0 Å². The second-order valence-electron chi connectivity index (χ2n) is 7.30. The fourth-order valence-electron chi connectivity index (χ4n) is 4.71. The molecule has 0 aromatic carbocycles. The lowest BCUT2D eigenvalue weighted by molar-refractivity contribution is -0.115. The summed E-state index contributed by atoms with van der Waals surface area (Å²) in [6.45, 7) is 1.82. The van der Waals surface area contributed by atoms with E-state index in [1.165, 1.54) is 62.9 Å². The summed E-state index contributed by atoms with van der Waals surface area (Å²) in [6.07, 6.45) is 10.4. The lowest BCUT2D eigenvalue weighted by atomic mass is 9.80. The van der Waals surface area contributed by atoms with Crippen molar-refractivity contribution in [2.45, 2.75) is 69.1 Å². The first kappa shape index (κ1) is 16.1. The van der Waals surface area contributed by atoms with E-state index < -0.39 is 0 Å². The summed E-state index contributed by atoms with van der Waals surface area (Å²) >= 11 is 2.09. The third-order valence-electron chi connectivity index (χ3n) is 6.14. The minimum atomic E-state index is 0.204. The molecule has 1 saturated carbocycles. The number of hydrogen-bond acceptors (Lipinski definition) is 4. The molecule has 3 atom stereocenters. The predicted molar refractivity (Wildman–Crippen MR) is 90.8 cm³/mol. The number of hydrogen-bond donors (Lipinski definition) is 1. The average Bonchev–Trinajstić information content (AvgIpc) is 2.55. The Bertz CT molecular complexity index is 327. The van der Waals surface area contributed by atoms with Gasteiger partial charge < -0.3 is 10.5 Å². The molecule has 2 N–H and O–H groups in total. The summed E-state index contributed by atoms with van der Waals surface area (Å²) in [4.78, 5) is 2.70. The number of nitrogens with zero attached hydrogens (tertiary/aromatic N) is 1. The number of rotatable bonds is 3. The molecule has 0 aromatic rings. The van der Waals surface area contributed by atoms with Crippen molar-refractivity contribution in [1.29, 1.82) is 0 Å². The van der Waals surface area contributed by atoms with E-state index in [9.17, 15) is 0 Å². The number of nitrogens with two attached hydrogens (primary N) is 1. The van der Waals surface area contributed by atoms with Crippen LogP contribution in [0.2, 0.25) is 0 Å². The maximum absolute atomic E-state index is 6.26. The van der Waals surface area contributed by atoms with Gasteiger partial charge >= 0.3 is 0 Å². The minimum Gasteiger partial charge on any atom is -0.375 e. The largest absolute Gasteiger partial charge is 0.375 e. The fraction of sp³-hybridized carbons (Fsp3) is 1.00. The molecule has 3 fully saturated rings. The number of thioether (sulfide) groups is 1. The minimum absolute atomic E-state index is 0.204. The van der Waals surface area contributed by atoms with Crippen LogP contribution < -0.4 is 5.73 Å². The van der Waals surface area contributed by atoms with E-state index in [0.29, 0.717) is 18.0 Å². The monoisotopic (exact) mass is 312 g/mol. The maximum atomic E-state index is 6.26. The molecule has 3 nitrogen and oxygen atoms in total. The van der Waals surface area contributed by atoms with E-state index >= 15 is 0 Å². The Kier molecular flexibility index (Phi) is 5.52. The third-order valence-corrected chi connectivity index (χ3v) is 7.13. The smallest absolute Gasteiger partial charge is 0.0713 e. The normalized spacial score (nSPS) is 37.0. The highest BCUT2D eigenvalue weighted by Crippen LogP contribution is 2.40. The predicted octanol–water partition coefficient (Wildman–Crippen LogP) is 2.88. The molecule has 21 heavy (non-hydrogen) atoms. The van der Waals surface area contributed by atoms with Crippen molar-refractivity contribution in [3.63, 3.8) is 0 Å². The summed E-state index contributed by atoms with van der Waals surface area (Å²) in [5.74, 6) is 3.28. The van der Waals surface area contributed by atoms with Crippen LogP contribution in [-0.4, -0.2) is 54.3 Å². The number of ether oxygens (including phenoxy) is 1. The molecule has 1 aliphatic carbocycles. The van der Waals surface area contributed by atoms with Gasteiger partial charge in [-0.15, -0.1) is 0 Å². The Morgan fingerprint density at radius 1 is 1.19 bits per heavy atom. The Hall–Kier alpha value is 0.230. The van der Waals surface area contributed by atoms with Crippen LogP contribution in [0.25, 0.3) is 0 Å². The maximum Gasteiger partial charge on any atom is 0.0713 e. The lowest BCUT2D eigenvalue weighted by Gasteiger charge is -2.49. The molecule has 0 radical (unpaired) electrons. The van der Waals surface area contributed by atoms with Crippen molar-refractivity contribution in [2.75, 3.05) is 31.7 Å². The molecule has 3 rings (SSSR count). The van der Waals surface area contributed by atoms with E-state index in [2.05, 4.69) is 23.7 Å². The highest BCUT2D eigenvalue weighted by molar-refractivity contribution is 7.99. The van der Waals surface area contributed by atoms with E-state index in [4.69, 9.17) is 10.5 Å². The van der Waals surface area contributed by atoms with Gasteiger partial charge in [0, 0.05) is 18.7 Å². The third kappa shape index (κ3) is 3.60. The van der Waals surface area contributed by atoms with E-state index in [1.54, 1.807) is 0 Å². The SMILES string of the molecule is CN(C1CCOC2(CCSCC2)C1)C1CCCCC1CN. The molecule has 122 valence electrons. The molecule has 1 spiro atoms. The van der Waals surface area contributed by atoms with Crippen LogP contribution in [0.3, 0.4) is 0 Å². The van der Waals surface area contributed by atoms with Crippen LogP contribution in [0, 0.1) is 5.92 Å². The molecular weight excluding hydrogens is 280 g/mol. The van der Waals surface area contributed by atoms with Gasteiger partial charge in [-0.05, 0) is 69.5 Å². The summed E-state index contributed by atoms with van der Waals surface area (Å²) in [6, 6.07) is 1.42. The topological polar surface area (TPSA) is 38.5 Å². The van der Waals surface area contributed by atoms with Crippen molar-refractivity contribution in [2.24, 2.45) is 11.7 Å². The van der Waals surface area contributed by atoms with E-state index in [-0.39, 0.29) is 5.60 Å². The first-order valence-electron chi connectivity index (χ1n) is 8.88. The highest BCUT2D eigenvalue weighted by atomic mass is 32.2. The zero-order chi connectivity index (χ0) is 14.7. The fourth-order valence-corrected chi connectivity index (χ4v) is 5.95.